The molecule has 1 aliphatic rings. The Kier molecular flexibility index (Phi) is 5.71. The maximum atomic E-state index is 13.7. The number of nitrogens with one attached hydrogen (secondary N) is 1. The quantitative estimate of drug-likeness (QED) is 0.648. The minimum atomic E-state index is -0.971. The van der Waals surface area contributed by atoms with Crippen molar-refractivity contribution in [2.45, 2.75) is 32.3 Å². The molecule has 0 aromatic heterocycles. The molecule has 0 radical (unpaired) electrons. The third-order valence-corrected chi connectivity index (χ3v) is 3.95. The van der Waals surface area contributed by atoms with Gasteiger partial charge in [0.15, 0.2) is 6.10 Å². The van der Waals surface area contributed by atoms with Gasteiger partial charge in [0, 0.05) is 4.47 Å². The van der Waals surface area contributed by atoms with Gasteiger partial charge in [-0.3, -0.25) is 9.59 Å². The number of hydrogen-bond acceptors (Lipinski definition) is 3. The number of rotatable bonds is 4. The first-order valence-corrected chi connectivity index (χ1v) is 7.88. The van der Waals surface area contributed by atoms with Crippen molar-refractivity contribution in [2.75, 3.05) is 5.32 Å². The van der Waals surface area contributed by atoms with E-state index in [1.165, 1.54) is 19.1 Å². The van der Waals surface area contributed by atoms with Crippen LogP contribution in [0.25, 0.3) is 0 Å². The summed E-state index contributed by atoms with van der Waals surface area (Å²) in [7, 11) is 0. The van der Waals surface area contributed by atoms with Crippen LogP contribution in [0.1, 0.15) is 26.2 Å². The Bertz CT molecular complexity index is 603. The maximum Gasteiger partial charge on any atom is 0.310 e. The lowest BCUT2D eigenvalue weighted by Crippen LogP contribution is -2.32. The van der Waals surface area contributed by atoms with Gasteiger partial charge in [-0.1, -0.05) is 28.1 Å². The van der Waals surface area contributed by atoms with E-state index >= 15 is 0 Å². The summed E-state index contributed by atoms with van der Waals surface area (Å²) < 4.78 is 19.4. The van der Waals surface area contributed by atoms with E-state index in [4.69, 9.17) is 4.74 Å². The molecule has 0 aliphatic heterocycles. The van der Waals surface area contributed by atoms with Gasteiger partial charge in [-0.05, 0) is 44.4 Å². The summed E-state index contributed by atoms with van der Waals surface area (Å²) in [5, 5.41) is 2.42. The van der Waals surface area contributed by atoms with E-state index < -0.39 is 17.8 Å². The van der Waals surface area contributed by atoms with Gasteiger partial charge in [0.2, 0.25) is 0 Å². The van der Waals surface area contributed by atoms with E-state index in [0.29, 0.717) is 10.9 Å². The molecule has 0 saturated carbocycles. The molecule has 0 fully saturated rings. The minimum Gasteiger partial charge on any atom is -0.452 e. The summed E-state index contributed by atoms with van der Waals surface area (Å²) in [6.45, 7) is 1.47. The standard InChI is InChI=1S/C16H17BrFNO3/c1-10(22-16(21)11-5-3-2-4-6-11)15(20)19-14-8-7-12(17)9-13(14)18/h2-3,7-11H,4-6H2,1H3,(H,19,20)/t10-,11-/m1/s1. The molecule has 2 atom stereocenters. The van der Waals surface area contributed by atoms with E-state index in [0.717, 1.165) is 12.8 Å². The number of hydrogen-bond donors (Lipinski definition) is 1. The fourth-order valence-corrected chi connectivity index (χ4v) is 2.49. The Morgan fingerprint density at radius 3 is 2.82 bits per heavy atom. The van der Waals surface area contributed by atoms with Crippen molar-refractivity contribution in [3.63, 3.8) is 0 Å². The molecular weight excluding hydrogens is 353 g/mol. The second kappa shape index (κ2) is 7.54. The highest BCUT2D eigenvalue weighted by Gasteiger charge is 2.25. The Morgan fingerprint density at radius 1 is 1.41 bits per heavy atom. The van der Waals surface area contributed by atoms with Crippen LogP contribution in [0.4, 0.5) is 10.1 Å². The molecule has 1 aromatic rings. The molecule has 2 rings (SSSR count). The summed E-state index contributed by atoms with van der Waals surface area (Å²) in [5.41, 5.74) is 0.0525. The molecule has 0 unspecified atom stereocenters. The number of halogens is 2. The van der Waals surface area contributed by atoms with Crippen LogP contribution in [0, 0.1) is 11.7 Å². The Hall–Kier alpha value is -1.69. The van der Waals surface area contributed by atoms with E-state index in [2.05, 4.69) is 21.2 Å². The molecule has 1 amide bonds. The smallest absolute Gasteiger partial charge is 0.310 e. The predicted octanol–water partition coefficient (Wildman–Crippen LogP) is 3.81. The van der Waals surface area contributed by atoms with Crippen molar-refractivity contribution in [3.05, 3.63) is 40.6 Å². The van der Waals surface area contributed by atoms with Gasteiger partial charge in [0.25, 0.3) is 5.91 Å². The first-order valence-electron chi connectivity index (χ1n) is 7.09. The molecule has 0 spiro atoms. The molecule has 1 N–H and O–H groups in total. The molecule has 1 aliphatic carbocycles. The van der Waals surface area contributed by atoms with Gasteiger partial charge in [-0.25, -0.2) is 4.39 Å². The van der Waals surface area contributed by atoms with Crippen molar-refractivity contribution in [1.82, 2.24) is 0 Å². The van der Waals surface area contributed by atoms with Gasteiger partial charge >= 0.3 is 5.97 Å². The second-order valence-corrected chi connectivity index (χ2v) is 6.09. The van der Waals surface area contributed by atoms with Gasteiger partial charge in [0.05, 0.1) is 11.6 Å². The Labute approximate surface area is 136 Å². The number of carbonyl (C=O) groups excluding carboxylic acids is 2. The molecule has 118 valence electrons. The van der Waals surface area contributed by atoms with Crippen molar-refractivity contribution >= 4 is 33.5 Å². The second-order valence-electron chi connectivity index (χ2n) is 5.17. The topological polar surface area (TPSA) is 55.4 Å². The molecule has 22 heavy (non-hydrogen) atoms. The van der Waals surface area contributed by atoms with Crippen molar-refractivity contribution < 1.29 is 18.7 Å². The normalized spacial score (nSPS) is 18.6. The highest BCUT2D eigenvalue weighted by atomic mass is 79.9. The summed E-state index contributed by atoms with van der Waals surface area (Å²) in [4.78, 5) is 23.9. The van der Waals surface area contributed by atoms with Gasteiger partial charge < -0.3 is 10.1 Å². The minimum absolute atomic E-state index is 0.0525. The van der Waals surface area contributed by atoms with Crippen molar-refractivity contribution in [3.8, 4) is 0 Å². The predicted molar refractivity (Wildman–Crippen MR) is 84.8 cm³/mol. The monoisotopic (exact) mass is 369 g/mol. The number of ether oxygens (including phenoxy) is 1. The molecule has 6 heteroatoms. The molecule has 0 heterocycles. The molecular formula is C16H17BrFNO3. The SMILES string of the molecule is C[C@@H](OC(=O)[C@@H]1CC=CCC1)C(=O)Nc1ccc(Br)cc1F. The van der Waals surface area contributed by atoms with E-state index in [9.17, 15) is 14.0 Å². The lowest BCUT2D eigenvalue weighted by atomic mass is 9.95. The highest BCUT2D eigenvalue weighted by Crippen LogP contribution is 2.21. The van der Waals surface area contributed by atoms with E-state index in [1.54, 1.807) is 6.07 Å². The van der Waals surface area contributed by atoms with Crippen LogP contribution in [0.2, 0.25) is 0 Å². The van der Waals surface area contributed by atoms with Gasteiger partial charge in [-0.15, -0.1) is 0 Å². The number of carbonyl (C=O) groups is 2. The fourth-order valence-electron chi connectivity index (χ4n) is 2.16. The van der Waals surface area contributed by atoms with Crippen LogP contribution in [0.5, 0.6) is 0 Å². The summed E-state index contributed by atoms with van der Waals surface area (Å²) in [6, 6.07) is 4.31. The largest absolute Gasteiger partial charge is 0.452 e. The Balaban J connectivity index is 1.91. The lowest BCUT2D eigenvalue weighted by Gasteiger charge is -2.19. The van der Waals surface area contributed by atoms with E-state index in [1.807, 2.05) is 12.2 Å². The number of amides is 1. The van der Waals surface area contributed by atoms with Crippen molar-refractivity contribution in [1.29, 1.82) is 0 Å². The van der Waals surface area contributed by atoms with Crippen LogP contribution in [0.3, 0.4) is 0 Å². The molecule has 4 nitrogen and oxygen atoms in total. The molecule has 0 saturated heterocycles. The first kappa shape index (κ1) is 16.7. The number of allylic oxidation sites excluding steroid dienone is 2. The van der Waals surface area contributed by atoms with Crippen LogP contribution in [-0.2, 0) is 14.3 Å². The van der Waals surface area contributed by atoms with Crippen LogP contribution >= 0.6 is 15.9 Å². The molecule has 1 aromatic carbocycles. The van der Waals surface area contributed by atoms with Gasteiger partial charge in [-0.2, -0.15) is 0 Å². The zero-order chi connectivity index (χ0) is 16.1. The third kappa shape index (κ3) is 4.40. The number of esters is 1. The highest BCUT2D eigenvalue weighted by molar-refractivity contribution is 9.10. The number of benzene rings is 1. The Morgan fingerprint density at radius 2 is 2.18 bits per heavy atom. The summed E-state index contributed by atoms with van der Waals surface area (Å²) in [6.07, 6.45) is 5.19. The van der Waals surface area contributed by atoms with Gasteiger partial charge in [0.1, 0.15) is 5.82 Å². The molecule has 0 bridgehead atoms. The summed E-state index contributed by atoms with van der Waals surface area (Å²) in [5.74, 6) is -1.70. The van der Waals surface area contributed by atoms with Crippen LogP contribution < -0.4 is 5.32 Å². The fraction of sp³-hybridized carbons (Fsp3) is 0.375. The summed E-state index contributed by atoms with van der Waals surface area (Å²) >= 11 is 3.14. The van der Waals surface area contributed by atoms with Crippen LogP contribution in [0.15, 0.2) is 34.8 Å². The number of anilines is 1. The zero-order valence-electron chi connectivity index (χ0n) is 12.1. The maximum absolute atomic E-state index is 13.7. The lowest BCUT2D eigenvalue weighted by molar-refractivity contribution is -0.157. The van der Waals surface area contributed by atoms with Crippen molar-refractivity contribution in [2.24, 2.45) is 5.92 Å². The zero-order valence-corrected chi connectivity index (χ0v) is 13.7. The van der Waals surface area contributed by atoms with Crippen LogP contribution in [-0.4, -0.2) is 18.0 Å². The third-order valence-electron chi connectivity index (χ3n) is 3.45. The average Bonchev–Trinajstić information content (AvgIpc) is 2.50. The average molecular weight is 370 g/mol. The first-order chi connectivity index (χ1) is 10.5. The van der Waals surface area contributed by atoms with E-state index in [-0.39, 0.29) is 17.6 Å².